The van der Waals surface area contributed by atoms with Gasteiger partial charge >= 0.3 is 0 Å². The highest BCUT2D eigenvalue weighted by Crippen LogP contribution is 2.22. The topological polar surface area (TPSA) is 36.4 Å². The van der Waals surface area contributed by atoms with Crippen molar-refractivity contribution in [2.24, 2.45) is 0 Å². The lowest BCUT2D eigenvalue weighted by Crippen LogP contribution is -2.38. The van der Waals surface area contributed by atoms with Gasteiger partial charge in [-0.1, -0.05) is 42.5 Å². The molecule has 0 fully saturated rings. The SMILES string of the molecule is CCN(Cc1ccccc1)C(=O)CN(C)Cc1nc2ccccc2s1. The number of carbonyl (C=O) groups is 1. The molecule has 1 amide bonds. The van der Waals surface area contributed by atoms with Crippen LogP contribution in [0.1, 0.15) is 17.5 Å². The first-order chi connectivity index (χ1) is 12.2. The molecule has 2 aromatic carbocycles. The number of hydrogen-bond acceptors (Lipinski definition) is 4. The van der Waals surface area contributed by atoms with Crippen LogP contribution in [0.3, 0.4) is 0 Å². The molecular weight excluding hydrogens is 330 g/mol. The zero-order valence-corrected chi connectivity index (χ0v) is 15.5. The minimum atomic E-state index is 0.148. The summed E-state index contributed by atoms with van der Waals surface area (Å²) in [7, 11) is 1.97. The van der Waals surface area contributed by atoms with E-state index in [-0.39, 0.29) is 5.91 Å². The third-order valence-electron chi connectivity index (χ3n) is 4.10. The fraction of sp³-hybridized carbons (Fsp3) is 0.300. The summed E-state index contributed by atoms with van der Waals surface area (Å²) < 4.78 is 1.19. The first-order valence-corrected chi connectivity index (χ1v) is 9.32. The van der Waals surface area contributed by atoms with Gasteiger partial charge in [0.2, 0.25) is 5.91 Å². The van der Waals surface area contributed by atoms with E-state index in [1.807, 2.05) is 60.2 Å². The lowest BCUT2D eigenvalue weighted by atomic mass is 10.2. The van der Waals surface area contributed by atoms with Crippen molar-refractivity contribution in [3.8, 4) is 0 Å². The smallest absolute Gasteiger partial charge is 0.237 e. The second-order valence-corrected chi connectivity index (χ2v) is 7.26. The van der Waals surface area contributed by atoms with Crippen molar-refractivity contribution < 1.29 is 4.79 Å². The number of hydrogen-bond donors (Lipinski definition) is 0. The Kier molecular flexibility index (Phi) is 5.79. The molecule has 0 N–H and O–H groups in total. The summed E-state index contributed by atoms with van der Waals surface area (Å²) in [6.45, 7) is 4.48. The number of benzene rings is 2. The van der Waals surface area contributed by atoms with Crippen LogP contribution in [0.25, 0.3) is 10.2 Å². The maximum absolute atomic E-state index is 12.6. The van der Waals surface area contributed by atoms with E-state index in [0.29, 0.717) is 26.2 Å². The number of thiazole rings is 1. The second kappa shape index (κ2) is 8.23. The highest BCUT2D eigenvalue weighted by molar-refractivity contribution is 7.18. The number of para-hydroxylation sites is 1. The summed E-state index contributed by atoms with van der Waals surface area (Å²) in [4.78, 5) is 21.2. The minimum Gasteiger partial charge on any atom is -0.338 e. The van der Waals surface area contributed by atoms with Crippen LogP contribution < -0.4 is 0 Å². The lowest BCUT2D eigenvalue weighted by molar-refractivity contribution is -0.132. The molecule has 3 rings (SSSR count). The van der Waals surface area contributed by atoms with Gasteiger partial charge in [0.05, 0.1) is 23.3 Å². The first kappa shape index (κ1) is 17.6. The molecule has 0 bridgehead atoms. The van der Waals surface area contributed by atoms with Gasteiger partial charge in [0.15, 0.2) is 0 Å². The van der Waals surface area contributed by atoms with Gasteiger partial charge in [-0.05, 0) is 31.7 Å². The highest BCUT2D eigenvalue weighted by Gasteiger charge is 2.15. The Morgan fingerprint density at radius 1 is 1.04 bits per heavy atom. The largest absolute Gasteiger partial charge is 0.338 e. The van der Waals surface area contributed by atoms with Crippen molar-refractivity contribution in [2.45, 2.75) is 20.0 Å². The van der Waals surface area contributed by atoms with Gasteiger partial charge < -0.3 is 4.90 Å². The number of fused-ring (bicyclic) bond motifs is 1. The summed E-state index contributed by atoms with van der Waals surface area (Å²) in [5, 5.41) is 1.04. The molecule has 0 unspecified atom stereocenters. The molecule has 0 aliphatic rings. The predicted octanol–water partition coefficient (Wildman–Crippen LogP) is 3.78. The molecule has 0 atom stereocenters. The number of rotatable bonds is 7. The average molecular weight is 353 g/mol. The molecule has 130 valence electrons. The molecule has 0 radical (unpaired) electrons. The summed E-state index contributed by atoms with van der Waals surface area (Å²) in [5.41, 5.74) is 2.19. The van der Waals surface area contributed by atoms with Crippen molar-refractivity contribution >= 4 is 27.5 Å². The van der Waals surface area contributed by atoms with Gasteiger partial charge in [-0.3, -0.25) is 9.69 Å². The lowest BCUT2D eigenvalue weighted by Gasteiger charge is -2.24. The number of likely N-dealkylation sites (N-methyl/N-ethyl adjacent to an activating group) is 2. The van der Waals surface area contributed by atoms with Crippen LogP contribution in [0.15, 0.2) is 54.6 Å². The molecule has 1 aromatic heterocycles. The molecule has 0 spiro atoms. The molecular formula is C20H23N3OS. The molecule has 4 nitrogen and oxygen atoms in total. The second-order valence-electron chi connectivity index (χ2n) is 6.14. The fourth-order valence-corrected chi connectivity index (χ4v) is 3.83. The van der Waals surface area contributed by atoms with Crippen LogP contribution in [0.2, 0.25) is 0 Å². The maximum Gasteiger partial charge on any atom is 0.237 e. The van der Waals surface area contributed by atoms with Crippen molar-refractivity contribution in [1.29, 1.82) is 0 Å². The van der Waals surface area contributed by atoms with Gasteiger partial charge in [-0.15, -0.1) is 11.3 Å². The van der Waals surface area contributed by atoms with Crippen LogP contribution in [-0.4, -0.2) is 40.8 Å². The molecule has 0 saturated heterocycles. The Hall–Kier alpha value is -2.24. The van der Waals surface area contributed by atoms with Crippen molar-refractivity contribution in [1.82, 2.24) is 14.8 Å². The fourth-order valence-electron chi connectivity index (χ4n) is 2.79. The summed E-state index contributed by atoms with van der Waals surface area (Å²) >= 11 is 1.69. The Labute approximate surface area is 152 Å². The molecule has 0 aliphatic carbocycles. The van der Waals surface area contributed by atoms with E-state index >= 15 is 0 Å². The minimum absolute atomic E-state index is 0.148. The van der Waals surface area contributed by atoms with Crippen LogP contribution >= 0.6 is 11.3 Å². The Bertz CT molecular complexity index is 798. The van der Waals surface area contributed by atoms with Crippen molar-refractivity contribution in [2.75, 3.05) is 20.1 Å². The zero-order chi connectivity index (χ0) is 17.6. The molecule has 25 heavy (non-hydrogen) atoms. The van der Waals surface area contributed by atoms with Crippen LogP contribution in [0, 0.1) is 0 Å². The third kappa shape index (κ3) is 4.65. The van der Waals surface area contributed by atoms with Crippen LogP contribution in [0.4, 0.5) is 0 Å². The summed E-state index contributed by atoms with van der Waals surface area (Å²) in [6.07, 6.45) is 0. The van der Waals surface area contributed by atoms with E-state index in [1.54, 1.807) is 11.3 Å². The Morgan fingerprint density at radius 2 is 1.76 bits per heavy atom. The van der Waals surface area contributed by atoms with Gasteiger partial charge in [-0.25, -0.2) is 4.98 Å². The third-order valence-corrected chi connectivity index (χ3v) is 5.12. The normalized spacial score (nSPS) is 11.2. The monoisotopic (exact) mass is 353 g/mol. The van der Waals surface area contributed by atoms with E-state index < -0.39 is 0 Å². The number of carbonyl (C=O) groups excluding carboxylic acids is 1. The molecule has 0 saturated carbocycles. The average Bonchev–Trinajstić information content (AvgIpc) is 3.02. The first-order valence-electron chi connectivity index (χ1n) is 8.50. The number of nitrogens with zero attached hydrogens (tertiary/aromatic N) is 3. The standard InChI is InChI=1S/C20H23N3OS/c1-3-23(13-16-9-5-4-6-10-16)20(24)15-22(2)14-19-21-17-11-7-8-12-18(17)25-19/h4-12H,3,13-15H2,1-2H3. The summed E-state index contributed by atoms with van der Waals surface area (Å²) in [5.74, 6) is 0.148. The molecule has 3 aromatic rings. The van der Waals surface area contributed by atoms with Crippen LogP contribution in [0.5, 0.6) is 0 Å². The summed E-state index contributed by atoms with van der Waals surface area (Å²) in [6, 6.07) is 18.3. The van der Waals surface area contributed by atoms with E-state index in [0.717, 1.165) is 16.1 Å². The van der Waals surface area contributed by atoms with Crippen molar-refractivity contribution in [3.63, 3.8) is 0 Å². The zero-order valence-electron chi connectivity index (χ0n) is 14.7. The Balaban J connectivity index is 1.58. The van der Waals surface area contributed by atoms with Gasteiger partial charge in [0.25, 0.3) is 0 Å². The van der Waals surface area contributed by atoms with Gasteiger partial charge in [0, 0.05) is 13.1 Å². The van der Waals surface area contributed by atoms with Gasteiger partial charge in [-0.2, -0.15) is 0 Å². The number of amides is 1. The van der Waals surface area contributed by atoms with Gasteiger partial charge in [0.1, 0.15) is 5.01 Å². The number of aromatic nitrogens is 1. The van der Waals surface area contributed by atoms with E-state index in [1.165, 1.54) is 4.70 Å². The van der Waals surface area contributed by atoms with E-state index in [4.69, 9.17) is 0 Å². The van der Waals surface area contributed by atoms with E-state index in [2.05, 4.69) is 23.2 Å². The van der Waals surface area contributed by atoms with Crippen LogP contribution in [-0.2, 0) is 17.9 Å². The molecule has 0 aliphatic heterocycles. The maximum atomic E-state index is 12.6. The quantitative estimate of drug-likeness (QED) is 0.649. The molecule has 5 heteroatoms. The van der Waals surface area contributed by atoms with E-state index in [9.17, 15) is 4.79 Å². The predicted molar refractivity (Wildman–Crippen MR) is 103 cm³/mol. The highest BCUT2D eigenvalue weighted by atomic mass is 32.1. The molecule has 1 heterocycles. The van der Waals surface area contributed by atoms with Crippen molar-refractivity contribution in [3.05, 3.63) is 65.2 Å². The Morgan fingerprint density at radius 3 is 2.48 bits per heavy atom.